The summed E-state index contributed by atoms with van der Waals surface area (Å²) in [5.41, 5.74) is 1.47. The molecule has 5 rings (SSSR count). The fourth-order valence-electron chi connectivity index (χ4n) is 5.15. The van der Waals surface area contributed by atoms with E-state index in [2.05, 4.69) is 26.6 Å². The number of benzene rings is 3. The van der Waals surface area contributed by atoms with E-state index in [1.54, 1.807) is 24.3 Å². The van der Waals surface area contributed by atoms with Crippen LogP contribution in [0.4, 0.5) is 5.69 Å². The van der Waals surface area contributed by atoms with Crippen LogP contribution in [0, 0.1) is 10.1 Å². The van der Waals surface area contributed by atoms with Gasteiger partial charge in [-0.15, -0.1) is 0 Å². The molecule has 1 amide bonds. The topological polar surface area (TPSA) is 93.5 Å². The largest absolute Gasteiger partial charge is 0.489 e. The molecule has 0 radical (unpaired) electrons. The molecular formula is C25H22BrN3O4. The van der Waals surface area contributed by atoms with Crippen LogP contribution in [0.2, 0.25) is 0 Å². The molecule has 2 N–H and O–H groups in total. The van der Waals surface area contributed by atoms with Crippen LogP contribution in [-0.2, 0) is 16.9 Å². The number of carbonyl (C=O) groups is 1. The zero-order chi connectivity index (χ0) is 23.2. The Bertz CT molecular complexity index is 1230. The highest BCUT2D eigenvalue weighted by molar-refractivity contribution is 9.10. The number of nitro groups is 1. The van der Waals surface area contributed by atoms with Gasteiger partial charge in [-0.05, 0) is 36.8 Å². The molecule has 4 atom stereocenters. The van der Waals surface area contributed by atoms with E-state index < -0.39 is 23.4 Å². The normalized spacial score (nSPS) is 25.6. The lowest BCUT2D eigenvalue weighted by Gasteiger charge is -2.26. The van der Waals surface area contributed by atoms with Gasteiger partial charge in [-0.25, -0.2) is 0 Å². The van der Waals surface area contributed by atoms with Gasteiger partial charge in [-0.2, -0.15) is 0 Å². The van der Waals surface area contributed by atoms with Gasteiger partial charge < -0.3 is 10.1 Å². The van der Waals surface area contributed by atoms with Crippen molar-refractivity contribution in [2.45, 2.75) is 37.1 Å². The highest BCUT2D eigenvalue weighted by Crippen LogP contribution is 2.50. The summed E-state index contributed by atoms with van der Waals surface area (Å²) < 4.78 is 7.11. The SMILES string of the molecule is C[C@@H]1N[C@]2(C(=O)Nc3ccccc32)[C@H]([N+](=O)[O-])[C@@H]1c1ccccc1OCc1ccc(Br)cc1. The highest BCUT2D eigenvalue weighted by atomic mass is 79.9. The number of carbonyl (C=O) groups excluding carboxylic acids is 1. The molecule has 2 aliphatic rings. The molecule has 1 spiro atoms. The van der Waals surface area contributed by atoms with Crippen molar-refractivity contribution in [3.8, 4) is 5.75 Å². The number of halogens is 1. The summed E-state index contributed by atoms with van der Waals surface area (Å²) in [6.07, 6.45) is 0. The van der Waals surface area contributed by atoms with E-state index in [-0.39, 0.29) is 11.0 Å². The fraction of sp³-hybridized carbons (Fsp3) is 0.240. The van der Waals surface area contributed by atoms with Crippen LogP contribution < -0.4 is 15.4 Å². The molecule has 1 fully saturated rings. The van der Waals surface area contributed by atoms with Crippen LogP contribution in [0.25, 0.3) is 0 Å². The lowest BCUT2D eigenvalue weighted by Crippen LogP contribution is -2.54. The number of hydrogen-bond donors (Lipinski definition) is 2. The highest BCUT2D eigenvalue weighted by Gasteiger charge is 2.67. The number of hydrogen-bond acceptors (Lipinski definition) is 5. The van der Waals surface area contributed by atoms with Crippen molar-refractivity contribution in [2.75, 3.05) is 5.32 Å². The molecular weight excluding hydrogens is 486 g/mol. The van der Waals surface area contributed by atoms with E-state index >= 15 is 0 Å². The van der Waals surface area contributed by atoms with Gasteiger partial charge in [0.2, 0.25) is 0 Å². The number of nitrogens with zero attached hydrogens (tertiary/aromatic N) is 1. The van der Waals surface area contributed by atoms with Crippen molar-refractivity contribution in [3.63, 3.8) is 0 Å². The number of ether oxygens (including phenoxy) is 1. The quantitative estimate of drug-likeness (QED) is 0.388. The first-order valence-electron chi connectivity index (χ1n) is 10.7. The second-order valence-electron chi connectivity index (χ2n) is 8.45. The van der Waals surface area contributed by atoms with E-state index in [1.165, 1.54) is 0 Å². The molecule has 33 heavy (non-hydrogen) atoms. The Hall–Kier alpha value is -3.23. The zero-order valence-corrected chi connectivity index (χ0v) is 19.4. The molecule has 0 saturated carbocycles. The lowest BCUT2D eigenvalue weighted by molar-refractivity contribution is -0.532. The van der Waals surface area contributed by atoms with E-state index in [4.69, 9.17) is 4.74 Å². The summed E-state index contributed by atoms with van der Waals surface area (Å²) in [4.78, 5) is 25.4. The van der Waals surface area contributed by atoms with Crippen LogP contribution >= 0.6 is 15.9 Å². The number of rotatable bonds is 5. The number of para-hydroxylation sites is 2. The van der Waals surface area contributed by atoms with Gasteiger partial charge in [0.05, 0.1) is 5.92 Å². The molecule has 3 aromatic rings. The second kappa shape index (κ2) is 8.28. The Kier molecular flexibility index (Phi) is 5.42. The van der Waals surface area contributed by atoms with Gasteiger partial charge >= 0.3 is 0 Å². The molecule has 0 bridgehead atoms. The first-order valence-corrected chi connectivity index (χ1v) is 11.5. The van der Waals surface area contributed by atoms with E-state index in [9.17, 15) is 14.9 Å². The molecule has 3 aromatic carbocycles. The maximum Gasteiger partial charge on any atom is 0.256 e. The smallest absolute Gasteiger partial charge is 0.256 e. The molecule has 1 saturated heterocycles. The third-order valence-corrected chi connectivity index (χ3v) is 7.08. The van der Waals surface area contributed by atoms with Crippen molar-refractivity contribution in [1.82, 2.24) is 5.32 Å². The standard InChI is InChI=1S/C25H22BrN3O4/c1-15-22(18-6-2-5-9-21(18)33-14-16-10-12-17(26)13-11-16)23(29(31)32)25(28-15)19-7-3-4-8-20(19)27-24(25)30/h2-13,15,22-23,28H,14H2,1H3,(H,27,30)/t15-,22-,23+,25-/m0/s1. The number of nitrogens with one attached hydrogen (secondary N) is 2. The van der Waals surface area contributed by atoms with Crippen LogP contribution in [-0.4, -0.2) is 22.9 Å². The van der Waals surface area contributed by atoms with Crippen LogP contribution in [0.3, 0.4) is 0 Å². The molecule has 2 aliphatic heterocycles. The van der Waals surface area contributed by atoms with E-state index in [1.807, 2.05) is 55.5 Å². The Balaban J connectivity index is 1.54. The number of fused-ring (bicyclic) bond motifs is 2. The lowest BCUT2D eigenvalue weighted by atomic mass is 9.78. The Labute approximate surface area is 199 Å². The Morgan fingerprint density at radius 3 is 2.52 bits per heavy atom. The molecule has 2 heterocycles. The van der Waals surface area contributed by atoms with Gasteiger partial charge in [0.15, 0.2) is 5.54 Å². The predicted octanol–water partition coefficient (Wildman–Crippen LogP) is 4.60. The summed E-state index contributed by atoms with van der Waals surface area (Å²) in [5, 5.41) is 18.7. The van der Waals surface area contributed by atoms with Crippen LogP contribution in [0.5, 0.6) is 5.75 Å². The van der Waals surface area contributed by atoms with Crippen LogP contribution in [0.15, 0.2) is 77.3 Å². The minimum absolute atomic E-state index is 0.325. The number of anilines is 1. The Morgan fingerprint density at radius 1 is 1.06 bits per heavy atom. The van der Waals surface area contributed by atoms with Gasteiger partial charge in [-0.3, -0.25) is 20.2 Å². The van der Waals surface area contributed by atoms with E-state index in [0.29, 0.717) is 29.2 Å². The summed E-state index contributed by atoms with van der Waals surface area (Å²) in [5.74, 6) is -0.388. The first-order chi connectivity index (χ1) is 15.9. The third-order valence-electron chi connectivity index (χ3n) is 6.55. The summed E-state index contributed by atoms with van der Waals surface area (Å²) >= 11 is 3.43. The Morgan fingerprint density at radius 2 is 1.76 bits per heavy atom. The zero-order valence-electron chi connectivity index (χ0n) is 17.8. The minimum atomic E-state index is -1.44. The number of amides is 1. The second-order valence-corrected chi connectivity index (χ2v) is 9.37. The van der Waals surface area contributed by atoms with Crippen molar-refractivity contribution in [2.24, 2.45) is 0 Å². The molecule has 168 valence electrons. The monoisotopic (exact) mass is 507 g/mol. The molecule has 8 heteroatoms. The summed E-state index contributed by atoms with van der Waals surface area (Å²) in [6, 6.07) is 20.8. The average Bonchev–Trinajstić information content (AvgIpc) is 3.27. The predicted molar refractivity (Wildman–Crippen MR) is 128 cm³/mol. The fourth-order valence-corrected chi connectivity index (χ4v) is 5.42. The van der Waals surface area contributed by atoms with Crippen molar-refractivity contribution < 1.29 is 14.5 Å². The summed E-state index contributed by atoms with van der Waals surface area (Å²) in [6.45, 7) is 2.21. The average molecular weight is 508 g/mol. The van der Waals surface area contributed by atoms with Gasteiger partial charge in [0.1, 0.15) is 12.4 Å². The first kappa shape index (κ1) is 21.6. The minimum Gasteiger partial charge on any atom is -0.489 e. The van der Waals surface area contributed by atoms with Crippen LogP contribution in [0.1, 0.15) is 29.5 Å². The maximum atomic E-state index is 13.2. The molecule has 0 unspecified atom stereocenters. The van der Waals surface area contributed by atoms with Crippen molar-refractivity contribution >= 4 is 27.5 Å². The van der Waals surface area contributed by atoms with Gasteiger partial charge in [0.25, 0.3) is 11.9 Å². The summed E-state index contributed by atoms with van der Waals surface area (Å²) in [7, 11) is 0. The molecule has 0 aromatic heterocycles. The third kappa shape index (κ3) is 3.50. The van der Waals surface area contributed by atoms with Gasteiger partial charge in [0, 0.05) is 32.3 Å². The maximum absolute atomic E-state index is 13.2. The van der Waals surface area contributed by atoms with E-state index in [0.717, 1.165) is 10.0 Å². The molecule has 0 aliphatic carbocycles. The van der Waals surface area contributed by atoms with Crippen molar-refractivity contribution in [3.05, 3.63) is 104 Å². The molecule has 7 nitrogen and oxygen atoms in total. The van der Waals surface area contributed by atoms with Gasteiger partial charge in [-0.1, -0.05) is 64.5 Å². The van der Waals surface area contributed by atoms with Crippen molar-refractivity contribution in [1.29, 1.82) is 0 Å².